The van der Waals surface area contributed by atoms with Crippen LogP contribution >= 0.6 is 11.3 Å². The van der Waals surface area contributed by atoms with E-state index in [0.29, 0.717) is 26.2 Å². The van der Waals surface area contributed by atoms with Crippen LogP contribution in [0.4, 0.5) is 5.13 Å². The smallest absolute Gasteiger partial charge is 0.277 e. The highest BCUT2D eigenvalue weighted by molar-refractivity contribution is 7.86. The van der Waals surface area contributed by atoms with Crippen LogP contribution in [-0.4, -0.2) is 43.9 Å². The third-order valence-electron chi connectivity index (χ3n) is 3.48. The van der Waals surface area contributed by atoms with E-state index in [0.717, 1.165) is 20.9 Å². The normalized spacial score (nSPS) is 17.8. The maximum atomic E-state index is 11.3. The minimum absolute atomic E-state index is 0.410. The predicted octanol–water partition coefficient (Wildman–Crippen LogP) is 0.930. The Bertz CT molecular complexity index is 733. The van der Waals surface area contributed by atoms with Gasteiger partial charge >= 0.3 is 0 Å². The van der Waals surface area contributed by atoms with E-state index in [4.69, 9.17) is 5.14 Å². The number of thiazole rings is 1. The molecule has 2 heterocycles. The molecule has 0 bridgehead atoms. The summed E-state index contributed by atoms with van der Waals surface area (Å²) in [5, 5.41) is 6.09. The Kier molecular flexibility index (Phi) is 3.41. The Labute approximate surface area is 122 Å². The van der Waals surface area contributed by atoms with E-state index in [1.807, 2.05) is 19.1 Å². The lowest BCUT2D eigenvalue weighted by molar-refractivity contribution is 0.385. The average Bonchev–Trinajstić information content (AvgIpc) is 2.83. The second-order valence-corrected chi connectivity index (χ2v) is 7.40. The number of benzene rings is 1. The molecule has 2 aromatic rings. The van der Waals surface area contributed by atoms with E-state index in [-0.39, 0.29) is 0 Å². The number of hydrogen-bond donors (Lipinski definition) is 1. The van der Waals surface area contributed by atoms with Gasteiger partial charge in [-0.05, 0) is 18.6 Å². The van der Waals surface area contributed by atoms with Gasteiger partial charge in [-0.15, -0.1) is 0 Å². The van der Waals surface area contributed by atoms with E-state index in [1.54, 1.807) is 11.3 Å². The topological polar surface area (TPSA) is 79.5 Å². The molecule has 0 aliphatic carbocycles. The van der Waals surface area contributed by atoms with E-state index in [2.05, 4.69) is 16.0 Å². The second kappa shape index (κ2) is 4.96. The summed E-state index contributed by atoms with van der Waals surface area (Å²) in [6, 6.07) is 6.13. The fourth-order valence-corrected chi connectivity index (χ4v) is 4.11. The van der Waals surface area contributed by atoms with Crippen molar-refractivity contribution in [1.82, 2.24) is 9.29 Å². The van der Waals surface area contributed by atoms with Crippen molar-refractivity contribution in [1.29, 1.82) is 0 Å². The van der Waals surface area contributed by atoms with Crippen LogP contribution in [0.25, 0.3) is 10.2 Å². The Morgan fingerprint density at radius 1 is 1.25 bits per heavy atom. The molecule has 1 fully saturated rings. The Hall–Kier alpha value is -1.22. The number of para-hydroxylation sites is 1. The van der Waals surface area contributed by atoms with Crippen molar-refractivity contribution in [2.45, 2.75) is 6.92 Å². The predicted molar refractivity (Wildman–Crippen MR) is 81.3 cm³/mol. The van der Waals surface area contributed by atoms with E-state index >= 15 is 0 Å². The first-order valence-electron chi connectivity index (χ1n) is 6.34. The van der Waals surface area contributed by atoms with Crippen LogP contribution in [0.3, 0.4) is 0 Å². The zero-order valence-corrected chi connectivity index (χ0v) is 12.7. The van der Waals surface area contributed by atoms with Crippen molar-refractivity contribution >= 4 is 36.9 Å². The number of rotatable bonds is 2. The van der Waals surface area contributed by atoms with Crippen LogP contribution in [0, 0.1) is 6.92 Å². The number of aryl methyl sites for hydroxylation is 1. The third-order valence-corrected chi connectivity index (χ3v) is 5.64. The molecule has 0 saturated carbocycles. The summed E-state index contributed by atoms with van der Waals surface area (Å²) >= 11 is 1.64. The summed E-state index contributed by atoms with van der Waals surface area (Å²) in [6.45, 7) is 4.11. The van der Waals surface area contributed by atoms with E-state index < -0.39 is 10.2 Å². The minimum atomic E-state index is -3.57. The standard InChI is InChI=1S/C12H16N4O2S2/c1-9-3-2-4-10-11(9)14-12(19-10)15-5-7-16(8-6-15)20(13,17)18/h2-4H,5-8H2,1H3,(H2,13,17,18). The fraction of sp³-hybridized carbons (Fsp3) is 0.417. The van der Waals surface area contributed by atoms with Gasteiger partial charge in [-0.25, -0.2) is 10.1 Å². The van der Waals surface area contributed by atoms with Gasteiger partial charge in [-0.3, -0.25) is 0 Å². The molecule has 1 aromatic heterocycles. The van der Waals surface area contributed by atoms with Crippen LogP contribution in [0.2, 0.25) is 0 Å². The van der Waals surface area contributed by atoms with Gasteiger partial charge in [0.05, 0.1) is 10.2 Å². The zero-order chi connectivity index (χ0) is 14.3. The van der Waals surface area contributed by atoms with Crippen molar-refractivity contribution in [3.05, 3.63) is 23.8 Å². The Balaban J connectivity index is 1.82. The first-order chi connectivity index (χ1) is 9.45. The molecule has 2 N–H and O–H groups in total. The average molecular weight is 312 g/mol. The Morgan fingerprint density at radius 2 is 1.95 bits per heavy atom. The molecule has 108 valence electrons. The maximum absolute atomic E-state index is 11.3. The molecule has 0 atom stereocenters. The zero-order valence-electron chi connectivity index (χ0n) is 11.1. The number of aromatic nitrogens is 1. The van der Waals surface area contributed by atoms with Crippen LogP contribution in [-0.2, 0) is 10.2 Å². The number of nitrogens with two attached hydrogens (primary N) is 1. The van der Waals surface area contributed by atoms with Crippen LogP contribution in [0.5, 0.6) is 0 Å². The van der Waals surface area contributed by atoms with E-state index in [9.17, 15) is 8.42 Å². The van der Waals surface area contributed by atoms with Gasteiger partial charge in [0, 0.05) is 26.2 Å². The number of piperazine rings is 1. The molecule has 0 radical (unpaired) electrons. The van der Waals surface area contributed by atoms with Gasteiger partial charge < -0.3 is 4.90 Å². The van der Waals surface area contributed by atoms with E-state index in [1.165, 1.54) is 4.31 Å². The molecule has 1 saturated heterocycles. The lowest BCUT2D eigenvalue weighted by atomic mass is 10.2. The highest BCUT2D eigenvalue weighted by atomic mass is 32.2. The summed E-state index contributed by atoms with van der Waals surface area (Å²) < 4.78 is 25.0. The molecule has 0 amide bonds. The molecule has 1 aromatic carbocycles. The summed E-state index contributed by atoms with van der Waals surface area (Å²) in [4.78, 5) is 6.79. The summed E-state index contributed by atoms with van der Waals surface area (Å²) in [7, 11) is -3.57. The number of nitrogens with zero attached hydrogens (tertiary/aromatic N) is 3. The summed E-state index contributed by atoms with van der Waals surface area (Å²) in [5.41, 5.74) is 2.19. The maximum Gasteiger partial charge on any atom is 0.277 e. The molecular formula is C12H16N4O2S2. The molecule has 3 rings (SSSR count). The highest BCUT2D eigenvalue weighted by Crippen LogP contribution is 2.31. The fourth-order valence-electron chi connectivity index (χ4n) is 2.34. The number of anilines is 1. The lowest BCUT2D eigenvalue weighted by Gasteiger charge is -2.32. The monoisotopic (exact) mass is 312 g/mol. The SMILES string of the molecule is Cc1cccc2sc(N3CCN(S(N)(=O)=O)CC3)nc12. The molecular weight excluding hydrogens is 296 g/mol. The molecule has 1 aliphatic heterocycles. The van der Waals surface area contributed by atoms with Gasteiger partial charge in [0.2, 0.25) is 0 Å². The van der Waals surface area contributed by atoms with Crippen molar-refractivity contribution in [3.8, 4) is 0 Å². The van der Waals surface area contributed by atoms with Gasteiger partial charge in [0.25, 0.3) is 10.2 Å². The molecule has 8 heteroatoms. The molecule has 0 unspecified atom stereocenters. The highest BCUT2D eigenvalue weighted by Gasteiger charge is 2.25. The van der Waals surface area contributed by atoms with Gasteiger partial charge in [0.1, 0.15) is 0 Å². The van der Waals surface area contributed by atoms with Gasteiger partial charge in [-0.1, -0.05) is 23.5 Å². The van der Waals surface area contributed by atoms with Crippen molar-refractivity contribution in [2.75, 3.05) is 31.1 Å². The number of fused-ring (bicyclic) bond motifs is 1. The summed E-state index contributed by atoms with van der Waals surface area (Å²) in [5.74, 6) is 0. The van der Waals surface area contributed by atoms with Crippen LogP contribution < -0.4 is 10.0 Å². The largest absolute Gasteiger partial charge is 0.345 e. The second-order valence-electron chi connectivity index (χ2n) is 4.85. The van der Waals surface area contributed by atoms with Crippen molar-refractivity contribution in [2.24, 2.45) is 5.14 Å². The molecule has 1 aliphatic rings. The molecule has 0 spiro atoms. The minimum Gasteiger partial charge on any atom is -0.345 e. The lowest BCUT2D eigenvalue weighted by Crippen LogP contribution is -2.50. The first-order valence-corrected chi connectivity index (χ1v) is 8.66. The van der Waals surface area contributed by atoms with Gasteiger partial charge in [0.15, 0.2) is 5.13 Å². The number of hydrogen-bond acceptors (Lipinski definition) is 5. The van der Waals surface area contributed by atoms with Crippen molar-refractivity contribution < 1.29 is 8.42 Å². The third kappa shape index (κ3) is 2.51. The molecule has 20 heavy (non-hydrogen) atoms. The first kappa shape index (κ1) is 13.7. The summed E-state index contributed by atoms with van der Waals surface area (Å²) in [6.07, 6.45) is 0. The molecule has 6 nitrogen and oxygen atoms in total. The quantitative estimate of drug-likeness (QED) is 0.894. The van der Waals surface area contributed by atoms with Crippen LogP contribution in [0.15, 0.2) is 18.2 Å². The Morgan fingerprint density at radius 3 is 2.55 bits per heavy atom. The van der Waals surface area contributed by atoms with Crippen molar-refractivity contribution in [3.63, 3.8) is 0 Å². The van der Waals surface area contributed by atoms with Crippen LogP contribution in [0.1, 0.15) is 5.56 Å². The van der Waals surface area contributed by atoms with Gasteiger partial charge in [-0.2, -0.15) is 12.7 Å².